The first kappa shape index (κ1) is 25.6. The van der Waals surface area contributed by atoms with Crippen LogP contribution >= 0.6 is 0 Å². The van der Waals surface area contributed by atoms with Crippen LogP contribution in [-0.2, 0) is 16.1 Å². The smallest absolute Gasteiger partial charge is 0.303 e. The zero-order valence-electron chi connectivity index (χ0n) is 18.4. The number of unbranched alkanes of at least 4 members (excludes halogenated alkanes) is 8. The molecule has 0 amide bonds. The molecule has 4 heteroatoms. The number of aliphatic hydroxyl groups is 1. The molecule has 2 N–H and O–H groups in total. The maximum absolute atomic E-state index is 10.6. The molecular formula is C25H42O4. The van der Waals surface area contributed by atoms with E-state index in [2.05, 4.69) is 19.1 Å². The third kappa shape index (κ3) is 15.2. The standard InChI is InChI=1S/C25H42O4/c1-2-3-4-5-6-12-17-23(26)20-24(18-13-7-8-14-19-25(27)28)29-21-22-15-10-9-11-16-22/h9-11,15-16,23-24,26H,2-8,12-14,17-21H2,1H3,(H,27,28). The van der Waals surface area contributed by atoms with Crippen LogP contribution in [0.25, 0.3) is 0 Å². The number of carbonyl (C=O) groups is 1. The highest BCUT2D eigenvalue weighted by molar-refractivity contribution is 5.66. The summed E-state index contributed by atoms with van der Waals surface area (Å²) in [5, 5.41) is 19.2. The van der Waals surface area contributed by atoms with Crippen molar-refractivity contribution in [2.75, 3.05) is 0 Å². The topological polar surface area (TPSA) is 66.8 Å². The Morgan fingerprint density at radius 1 is 0.897 bits per heavy atom. The van der Waals surface area contributed by atoms with E-state index in [0.717, 1.165) is 50.5 Å². The Morgan fingerprint density at radius 3 is 2.21 bits per heavy atom. The lowest BCUT2D eigenvalue weighted by Gasteiger charge is -2.21. The van der Waals surface area contributed by atoms with Gasteiger partial charge in [0.15, 0.2) is 0 Å². The molecule has 1 aromatic rings. The molecule has 0 aliphatic carbocycles. The second kappa shape index (κ2) is 17.5. The van der Waals surface area contributed by atoms with Crippen molar-refractivity contribution in [1.82, 2.24) is 0 Å². The fourth-order valence-electron chi connectivity index (χ4n) is 3.64. The monoisotopic (exact) mass is 406 g/mol. The van der Waals surface area contributed by atoms with E-state index in [4.69, 9.17) is 9.84 Å². The predicted molar refractivity (Wildman–Crippen MR) is 119 cm³/mol. The van der Waals surface area contributed by atoms with Crippen molar-refractivity contribution < 1.29 is 19.7 Å². The van der Waals surface area contributed by atoms with E-state index >= 15 is 0 Å². The number of aliphatic carboxylic acids is 1. The van der Waals surface area contributed by atoms with Crippen molar-refractivity contribution in [3.8, 4) is 0 Å². The molecule has 0 aliphatic heterocycles. The molecule has 0 bridgehead atoms. The summed E-state index contributed by atoms with van der Waals surface area (Å²) in [5.41, 5.74) is 1.16. The average Bonchev–Trinajstić information content (AvgIpc) is 2.71. The van der Waals surface area contributed by atoms with E-state index in [-0.39, 0.29) is 18.6 Å². The summed E-state index contributed by atoms with van der Waals surface area (Å²) >= 11 is 0. The highest BCUT2D eigenvalue weighted by Crippen LogP contribution is 2.19. The number of rotatable bonds is 19. The highest BCUT2D eigenvalue weighted by atomic mass is 16.5. The third-order valence-corrected chi connectivity index (χ3v) is 5.42. The molecule has 1 aromatic carbocycles. The molecular weight excluding hydrogens is 364 g/mol. The number of carboxylic acid groups (broad SMARTS) is 1. The average molecular weight is 407 g/mol. The van der Waals surface area contributed by atoms with E-state index in [1.807, 2.05) is 18.2 Å². The molecule has 0 saturated heterocycles. The van der Waals surface area contributed by atoms with E-state index in [0.29, 0.717) is 13.0 Å². The second-order valence-electron chi connectivity index (χ2n) is 8.21. The molecule has 0 radical (unpaired) electrons. The molecule has 0 aromatic heterocycles. The lowest BCUT2D eigenvalue weighted by atomic mass is 9.99. The summed E-state index contributed by atoms with van der Waals surface area (Å²) in [6.07, 6.45) is 13.6. The minimum atomic E-state index is -0.716. The van der Waals surface area contributed by atoms with Gasteiger partial charge < -0.3 is 14.9 Å². The van der Waals surface area contributed by atoms with Crippen LogP contribution < -0.4 is 0 Å². The van der Waals surface area contributed by atoms with Crippen LogP contribution in [-0.4, -0.2) is 28.4 Å². The Morgan fingerprint density at radius 2 is 1.52 bits per heavy atom. The van der Waals surface area contributed by atoms with Crippen molar-refractivity contribution in [1.29, 1.82) is 0 Å². The molecule has 0 aliphatic rings. The van der Waals surface area contributed by atoms with Crippen LogP contribution in [0.15, 0.2) is 30.3 Å². The Labute approximate surface area is 177 Å². The van der Waals surface area contributed by atoms with Gasteiger partial charge in [-0.25, -0.2) is 0 Å². The van der Waals surface area contributed by atoms with Crippen molar-refractivity contribution in [2.45, 2.75) is 116 Å². The SMILES string of the molecule is CCCCCCCCC(O)CC(CCCCCCC(=O)O)OCc1ccccc1. The predicted octanol–water partition coefficient (Wildman–Crippen LogP) is 6.50. The van der Waals surface area contributed by atoms with Crippen LogP contribution in [0.1, 0.15) is 102 Å². The van der Waals surface area contributed by atoms with E-state index in [1.165, 1.54) is 32.1 Å². The summed E-state index contributed by atoms with van der Waals surface area (Å²) in [4.78, 5) is 10.6. The van der Waals surface area contributed by atoms with Crippen molar-refractivity contribution >= 4 is 5.97 Å². The molecule has 4 nitrogen and oxygen atoms in total. The normalized spacial score (nSPS) is 13.3. The minimum absolute atomic E-state index is 0.0600. The van der Waals surface area contributed by atoms with Crippen LogP contribution in [0.4, 0.5) is 0 Å². The molecule has 0 spiro atoms. The van der Waals surface area contributed by atoms with Gasteiger partial charge in [-0.3, -0.25) is 4.79 Å². The van der Waals surface area contributed by atoms with Crippen molar-refractivity contribution in [3.05, 3.63) is 35.9 Å². The molecule has 0 fully saturated rings. The summed E-state index contributed by atoms with van der Waals surface area (Å²) < 4.78 is 6.15. The zero-order valence-corrected chi connectivity index (χ0v) is 18.4. The first-order chi connectivity index (χ1) is 14.1. The summed E-state index contributed by atoms with van der Waals surface area (Å²) in [5.74, 6) is -0.716. The number of ether oxygens (including phenoxy) is 1. The molecule has 0 saturated carbocycles. The molecule has 29 heavy (non-hydrogen) atoms. The number of aliphatic hydroxyl groups excluding tert-OH is 1. The van der Waals surface area contributed by atoms with Crippen LogP contribution in [0, 0.1) is 0 Å². The molecule has 0 heterocycles. The summed E-state index contributed by atoms with van der Waals surface area (Å²) in [7, 11) is 0. The Kier molecular flexibility index (Phi) is 15.4. The Hall–Kier alpha value is -1.39. The van der Waals surface area contributed by atoms with Gasteiger partial charge in [-0.1, -0.05) is 95.0 Å². The van der Waals surface area contributed by atoms with Crippen LogP contribution in [0.3, 0.4) is 0 Å². The summed E-state index contributed by atoms with van der Waals surface area (Å²) in [6, 6.07) is 10.2. The van der Waals surface area contributed by atoms with Gasteiger partial charge in [0, 0.05) is 6.42 Å². The third-order valence-electron chi connectivity index (χ3n) is 5.42. The molecule has 166 valence electrons. The fourth-order valence-corrected chi connectivity index (χ4v) is 3.64. The van der Waals surface area contributed by atoms with E-state index in [9.17, 15) is 9.90 Å². The van der Waals surface area contributed by atoms with Gasteiger partial charge >= 0.3 is 5.97 Å². The zero-order chi connectivity index (χ0) is 21.2. The number of benzene rings is 1. The van der Waals surface area contributed by atoms with Crippen molar-refractivity contribution in [2.24, 2.45) is 0 Å². The lowest BCUT2D eigenvalue weighted by molar-refractivity contribution is -0.137. The van der Waals surface area contributed by atoms with Gasteiger partial charge in [0.2, 0.25) is 0 Å². The minimum Gasteiger partial charge on any atom is -0.481 e. The van der Waals surface area contributed by atoms with E-state index in [1.54, 1.807) is 0 Å². The molecule has 2 unspecified atom stereocenters. The highest BCUT2D eigenvalue weighted by Gasteiger charge is 2.15. The molecule has 1 rings (SSSR count). The van der Waals surface area contributed by atoms with Crippen LogP contribution in [0.5, 0.6) is 0 Å². The number of hydrogen-bond donors (Lipinski definition) is 2. The van der Waals surface area contributed by atoms with Gasteiger partial charge in [0.25, 0.3) is 0 Å². The van der Waals surface area contributed by atoms with Gasteiger partial charge in [-0.15, -0.1) is 0 Å². The van der Waals surface area contributed by atoms with Crippen molar-refractivity contribution in [3.63, 3.8) is 0 Å². The maximum atomic E-state index is 10.6. The quantitative estimate of drug-likeness (QED) is 0.257. The van der Waals surface area contributed by atoms with Crippen LogP contribution in [0.2, 0.25) is 0 Å². The van der Waals surface area contributed by atoms with Gasteiger partial charge in [-0.05, 0) is 31.2 Å². The second-order valence-corrected chi connectivity index (χ2v) is 8.21. The van der Waals surface area contributed by atoms with E-state index < -0.39 is 5.97 Å². The summed E-state index contributed by atoms with van der Waals surface area (Å²) in [6.45, 7) is 2.81. The largest absolute Gasteiger partial charge is 0.481 e. The Bertz CT molecular complexity index is 503. The maximum Gasteiger partial charge on any atom is 0.303 e. The fraction of sp³-hybridized carbons (Fsp3) is 0.720. The van der Waals surface area contributed by atoms with Gasteiger partial charge in [-0.2, -0.15) is 0 Å². The first-order valence-corrected chi connectivity index (χ1v) is 11.7. The lowest BCUT2D eigenvalue weighted by Crippen LogP contribution is -2.21. The number of hydrogen-bond acceptors (Lipinski definition) is 3. The molecule has 2 atom stereocenters. The van der Waals surface area contributed by atoms with Gasteiger partial charge in [0.05, 0.1) is 18.8 Å². The first-order valence-electron chi connectivity index (χ1n) is 11.7. The number of carboxylic acids is 1. The van der Waals surface area contributed by atoms with Gasteiger partial charge in [0.1, 0.15) is 0 Å². The Balaban J connectivity index is 2.31.